The molecule has 102 valence electrons. The minimum Gasteiger partial charge on any atom is -0.365 e. The Morgan fingerprint density at radius 3 is 2.84 bits per heavy atom. The fourth-order valence-corrected chi connectivity index (χ4v) is 3.10. The number of halogens is 1. The molecule has 2 rings (SSSR count). The van der Waals surface area contributed by atoms with Crippen LogP contribution in [0.4, 0.5) is 5.69 Å². The number of rotatable bonds is 3. The Kier molecular flexibility index (Phi) is 4.84. The predicted molar refractivity (Wildman–Crippen MR) is 82.4 cm³/mol. The first-order valence-corrected chi connectivity index (χ1v) is 7.69. The molecule has 0 aromatic heterocycles. The summed E-state index contributed by atoms with van der Waals surface area (Å²) in [5.41, 5.74) is 1.81. The molecule has 1 aromatic rings. The van der Waals surface area contributed by atoms with Crippen LogP contribution in [0.3, 0.4) is 0 Å². The van der Waals surface area contributed by atoms with Crippen molar-refractivity contribution in [3.05, 3.63) is 28.2 Å². The van der Waals surface area contributed by atoms with Crippen LogP contribution in [0, 0.1) is 11.3 Å². The molecule has 0 aliphatic carbocycles. The molecule has 1 aliphatic heterocycles. The highest BCUT2D eigenvalue weighted by molar-refractivity contribution is 9.10. The van der Waals surface area contributed by atoms with Crippen molar-refractivity contribution in [3.8, 4) is 6.07 Å². The van der Waals surface area contributed by atoms with Gasteiger partial charge in [0.25, 0.3) is 0 Å². The lowest BCUT2D eigenvalue weighted by atomic mass is 10.0. The summed E-state index contributed by atoms with van der Waals surface area (Å²) in [6, 6.07) is 9.30. The van der Waals surface area contributed by atoms with Crippen LogP contribution >= 0.6 is 15.9 Å². The standard InChI is InChI=1S/C15H20BrN3/c1-3-11-10-19(12(4-2)9-18-11)15-7-5-6-14(16)13(15)8-17/h5-7,11-12,18H,3-4,9-10H2,1-2H3. The molecule has 1 heterocycles. The molecule has 4 heteroatoms. The Morgan fingerprint density at radius 2 is 2.21 bits per heavy atom. The molecule has 0 saturated carbocycles. The highest BCUT2D eigenvalue weighted by Crippen LogP contribution is 2.30. The summed E-state index contributed by atoms with van der Waals surface area (Å²) >= 11 is 3.48. The molecule has 1 saturated heterocycles. The SMILES string of the molecule is CCC1CN(c2cccc(Br)c2C#N)C(CC)CN1. The van der Waals surface area contributed by atoms with Crippen LogP contribution in [0.1, 0.15) is 32.3 Å². The van der Waals surface area contributed by atoms with Gasteiger partial charge in [0, 0.05) is 29.6 Å². The highest BCUT2D eigenvalue weighted by Gasteiger charge is 2.27. The van der Waals surface area contributed by atoms with Crippen LogP contribution in [0.15, 0.2) is 22.7 Å². The van der Waals surface area contributed by atoms with Gasteiger partial charge in [0.1, 0.15) is 6.07 Å². The van der Waals surface area contributed by atoms with Crippen molar-refractivity contribution in [1.29, 1.82) is 5.26 Å². The lowest BCUT2D eigenvalue weighted by Gasteiger charge is -2.42. The van der Waals surface area contributed by atoms with E-state index in [0.29, 0.717) is 12.1 Å². The second-order valence-corrected chi connectivity index (χ2v) is 5.83. The van der Waals surface area contributed by atoms with Crippen LogP contribution in [-0.2, 0) is 0 Å². The maximum Gasteiger partial charge on any atom is 0.103 e. The highest BCUT2D eigenvalue weighted by atomic mass is 79.9. The molecule has 1 aromatic carbocycles. The van der Waals surface area contributed by atoms with Gasteiger partial charge in [-0.3, -0.25) is 0 Å². The molecule has 0 spiro atoms. The van der Waals surface area contributed by atoms with E-state index in [1.165, 1.54) is 0 Å². The fraction of sp³-hybridized carbons (Fsp3) is 0.533. The van der Waals surface area contributed by atoms with Crippen molar-refractivity contribution in [2.75, 3.05) is 18.0 Å². The maximum atomic E-state index is 9.39. The fourth-order valence-electron chi connectivity index (χ4n) is 2.66. The van der Waals surface area contributed by atoms with Gasteiger partial charge in [0.2, 0.25) is 0 Å². The van der Waals surface area contributed by atoms with Crippen molar-refractivity contribution in [2.24, 2.45) is 0 Å². The first-order chi connectivity index (χ1) is 9.21. The Hall–Kier alpha value is -1.05. The Labute approximate surface area is 123 Å². The molecule has 0 bridgehead atoms. The van der Waals surface area contributed by atoms with Gasteiger partial charge in [-0.25, -0.2) is 0 Å². The molecular weight excluding hydrogens is 302 g/mol. The zero-order chi connectivity index (χ0) is 13.8. The minimum absolute atomic E-state index is 0.462. The average molecular weight is 322 g/mol. The number of nitrogens with zero attached hydrogens (tertiary/aromatic N) is 2. The molecule has 1 fully saturated rings. The number of hydrogen-bond acceptors (Lipinski definition) is 3. The smallest absolute Gasteiger partial charge is 0.103 e. The number of nitrogens with one attached hydrogen (secondary N) is 1. The van der Waals surface area contributed by atoms with E-state index in [-0.39, 0.29) is 0 Å². The average Bonchev–Trinajstić information content (AvgIpc) is 2.46. The number of anilines is 1. The van der Waals surface area contributed by atoms with Gasteiger partial charge in [0.05, 0.1) is 11.3 Å². The van der Waals surface area contributed by atoms with Gasteiger partial charge in [0.15, 0.2) is 0 Å². The number of piperazine rings is 1. The lowest BCUT2D eigenvalue weighted by molar-refractivity contribution is 0.378. The van der Waals surface area contributed by atoms with Crippen molar-refractivity contribution in [1.82, 2.24) is 5.32 Å². The molecular formula is C15H20BrN3. The van der Waals surface area contributed by atoms with Crippen LogP contribution in [0.5, 0.6) is 0 Å². The third kappa shape index (κ3) is 2.93. The van der Waals surface area contributed by atoms with Crippen LogP contribution < -0.4 is 10.2 Å². The quantitative estimate of drug-likeness (QED) is 0.928. The van der Waals surface area contributed by atoms with E-state index in [2.05, 4.69) is 52.1 Å². The molecule has 3 nitrogen and oxygen atoms in total. The molecule has 0 amide bonds. The van der Waals surface area contributed by atoms with Crippen molar-refractivity contribution < 1.29 is 0 Å². The van der Waals surface area contributed by atoms with E-state index >= 15 is 0 Å². The summed E-state index contributed by atoms with van der Waals surface area (Å²) in [6.07, 6.45) is 2.20. The van der Waals surface area contributed by atoms with Crippen LogP contribution in [0.25, 0.3) is 0 Å². The summed E-state index contributed by atoms with van der Waals surface area (Å²) in [7, 11) is 0. The Morgan fingerprint density at radius 1 is 1.42 bits per heavy atom. The first-order valence-electron chi connectivity index (χ1n) is 6.89. The lowest BCUT2D eigenvalue weighted by Crippen LogP contribution is -2.56. The van der Waals surface area contributed by atoms with E-state index in [1.54, 1.807) is 0 Å². The van der Waals surface area contributed by atoms with Crippen molar-refractivity contribution in [2.45, 2.75) is 38.8 Å². The van der Waals surface area contributed by atoms with Gasteiger partial charge in [-0.05, 0) is 40.9 Å². The Bertz CT molecular complexity index is 481. The number of hydrogen-bond donors (Lipinski definition) is 1. The first kappa shape index (κ1) is 14.4. The van der Waals surface area contributed by atoms with E-state index in [4.69, 9.17) is 0 Å². The summed E-state index contributed by atoms with van der Waals surface area (Å²) in [5.74, 6) is 0. The van der Waals surface area contributed by atoms with E-state index in [9.17, 15) is 5.26 Å². The zero-order valence-corrected chi connectivity index (χ0v) is 13.1. The van der Waals surface area contributed by atoms with Gasteiger partial charge in [-0.15, -0.1) is 0 Å². The molecule has 19 heavy (non-hydrogen) atoms. The third-order valence-corrected chi connectivity index (χ3v) is 4.54. The van der Waals surface area contributed by atoms with E-state index in [1.807, 2.05) is 12.1 Å². The molecule has 1 aliphatic rings. The van der Waals surface area contributed by atoms with E-state index in [0.717, 1.165) is 41.7 Å². The molecule has 2 atom stereocenters. The molecule has 1 N–H and O–H groups in total. The van der Waals surface area contributed by atoms with Crippen LogP contribution in [-0.4, -0.2) is 25.2 Å². The second kappa shape index (κ2) is 6.40. The van der Waals surface area contributed by atoms with Crippen molar-refractivity contribution >= 4 is 21.6 Å². The number of benzene rings is 1. The predicted octanol–water partition coefficient (Wildman–Crippen LogP) is 3.29. The van der Waals surface area contributed by atoms with Crippen molar-refractivity contribution in [3.63, 3.8) is 0 Å². The maximum absolute atomic E-state index is 9.39. The second-order valence-electron chi connectivity index (χ2n) is 4.97. The molecule has 0 radical (unpaired) electrons. The number of nitriles is 1. The molecule has 2 unspecified atom stereocenters. The topological polar surface area (TPSA) is 39.1 Å². The van der Waals surface area contributed by atoms with Gasteiger partial charge >= 0.3 is 0 Å². The van der Waals surface area contributed by atoms with Crippen LogP contribution in [0.2, 0.25) is 0 Å². The third-order valence-electron chi connectivity index (χ3n) is 3.88. The van der Waals surface area contributed by atoms with E-state index < -0.39 is 0 Å². The summed E-state index contributed by atoms with van der Waals surface area (Å²) in [4.78, 5) is 2.40. The zero-order valence-electron chi connectivity index (χ0n) is 11.5. The Balaban J connectivity index is 2.37. The monoisotopic (exact) mass is 321 g/mol. The van der Waals surface area contributed by atoms with Gasteiger partial charge in [-0.1, -0.05) is 19.9 Å². The summed E-state index contributed by atoms with van der Waals surface area (Å²) in [5, 5.41) is 13.0. The normalized spacial score (nSPS) is 23.2. The largest absolute Gasteiger partial charge is 0.365 e. The minimum atomic E-state index is 0.462. The summed E-state index contributed by atoms with van der Waals surface area (Å²) < 4.78 is 0.883. The summed E-state index contributed by atoms with van der Waals surface area (Å²) in [6.45, 7) is 6.37. The van der Waals surface area contributed by atoms with Gasteiger partial charge < -0.3 is 10.2 Å². The van der Waals surface area contributed by atoms with Gasteiger partial charge in [-0.2, -0.15) is 5.26 Å².